The molecule has 0 aromatic heterocycles. The van der Waals surface area contributed by atoms with Gasteiger partial charge in [0.15, 0.2) is 0 Å². The number of ether oxygens (including phenoxy) is 4. The van der Waals surface area contributed by atoms with E-state index >= 15 is 0 Å². The van der Waals surface area contributed by atoms with Gasteiger partial charge >= 0.3 is 11.9 Å². The molecule has 0 atom stereocenters. The van der Waals surface area contributed by atoms with Crippen LogP contribution in [0.5, 0.6) is 11.5 Å². The first-order valence-electron chi connectivity index (χ1n) is 9.65. The number of carbonyl (C=O) groups excluding carboxylic acids is 1. The van der Waals surface area contributed by atoms with Crippen molar-refractivity contribution in [2.24, 2.45) is 0 Å². The lowest BCUT2D eigenvalue weighted by Crippen LogP contribution is -2.13. The number of esters is 1. The molecule has 0 radical (unpaired) electrons. The second kappa shape index (κ2) is 10.7. The number of carbonyl (C=O) groups is 2. The number of aromatic carboxylic acids is 1. The summed E-state index contributed by atoms with van der Waals surface area (Å²) in [5.74, 6) is -1.59. The van der Waals surface area contributed by atoms with Gasteiger partial charge in [-0.2, -0.15) is 0 Å². The molecule has 1 N–H and O–H groups in total. The molecule has 0 spiro atoms. The summed E-state index contributed by atoms with van der Waals surface area (Å²) in [5.41, 5.74) is 2.41. The molecule has 0 fully saturated rings. The zero-order chi connectivity index (χ0) is 22.9. The molecular weight excluding hydrogens is 412 g/mol. The van der Waals surface area contributed by atoms with Crippen LogP contribution in [0.2, 0.25) is 0 Å². The Morgan fingerprint density at radius 3 is 2.22 bits per heavy atom. The van der Waals surface area contributed by atoms with Crippen molar-refractivity contribution in [1.82, 2.24) is 0 Å². The van der Waals surface area contributed by atoms with Crippen molar-refractivity contribution in [1.29, 1.82) is 0 Å². The van der Waals surface area contributed by atoms with Crippen molar-refractivity contribution in [3.8, 4) is 22.6 Å². The molecule has 32 heavy (non-hydrogen) atoms. The largest absolute Gasteiger partial charge is 0.500 e. The van der Waals surface area contributed by atoms with E-state index in [2.05, 4.69) is 4.74 Å². The van der Waals surface area contributed by atoms with Crippen LogP contribution < -0.4 is 9.47 Å². The molecule has 0 saturated heterocycles. The highest BCUT2D eigenvalue weighted by molar-refractivity contribution is 5.93. The number of hydrogen-bond donors (Lipinski definition) is 1. The number of rotatable bonds is 9. The lowest BCUT2D eigenvalue weighted by Gasteiger charge is -2.12. The maximum absolute atomic E-state index is 11.8. The maximum atomic E-state index is 11.8. The van der Waals surface area contributed by atoms with Gasteiger partial charge in [-0.3, -0.25) is 0 Å². The Hall–Kier alpha value is -4.26. The summed E-state index contributed by atoms with van der Waals surface area (Å²) in [6.45, 7) is 0.451. The molecule has 0 aliphatic carbocycles. The van der Waals surface area contributed by atoms with Crippen LogP contribution in [0, 0.1) is 0 Å². The fourth-order valence-corrected chi connectivity index (χ4v) is 2.89. The summed E-state index contributed by atoms with van der Waals surface area (Å²) in [5, 5.41) is 9.63. The van der Waals surface area contributed by atoms with Gasteiger partial charge in [-0.15, -0.1) is 0 Å². The Labute approximate surface area is 185 Å². The van der Waals surface area contributed by atoms with E-state index in [1.165, 1.54) is 26.4 Å². The van der Waals surface area contributed by atoms with Crippen molar-refractivity contribution < 1.29 is 33.6 Å². The molecule has 0 aliphatic rings. The van der Waals surface area contributed by atoms with Crippen LogP contribution in [0.15, 0.2) is 84.8 Å². The van der Waals surface area contributed by atoms with Gasteiger partial charge in [0.2, 0.25) is 5.76 Å². The number of carboxylic acid groups (broad SMARTS) is 1. The topological polar surface area (TPSA) is 91.3 Å². The van der Waals surface area contributed by atoms with Crippen LogP contribution >= 0.6 is 0 Å². The molecule has 3 aromatic carbocycles. The average Bonchev–Trinajstić information content (AvgIpc) is 2.83. The highest BCUT2D eigenvalue weighted by Gasteiger charge is 2.19. The molecule has 3 aromatic rings. The fraction of sp³-hybridized carbons (Fsp3) is 0.120. The van der Waals surface area contributed by atoms with Gasteiger partial charge in [-0.1, -0.05) is 48.5 Å². The summed E-state index contributed by atoms with van der Waals surface area (Å²) in [6.07, 6.45) is 1.04. The molecule has 0 bridgehead atoms. The van der Waals surface area contributed by atoms with Crippen LogP contribution in [0.3, 0.4) is 0 Å². The monoisotopic (exact) mass is 434 g/mol. The van der Waals surface area contributed by atoms with Crippen molar-refractivity contribution >= 4 is 11.9 Å². The molecule has 0 unspecified atom stereocenters. The molecule has 0 amide bonds. The van der Waals surface area contributed by atoms with Gasteiger partial charge in [-0.25, -0.2) is 9.59 Å². The van der Waals surface area contributed by atoms with E-state index < -0.39 is 11.9 Å². The van der Waals surface area contributed by atoms with E-state index in [-0.39, 0.29) is 17.1 Å². The first-order valence-corrected chi connectivity index (χ1v) is 9.65. The molecule has 0 heterocycles. The van der Waals surface area contributed by atoms with Crippen molar-refractivity contribution in [3.63, 3.8) is 0 Å². The quantitative estimate of drug-likeness (QED) is 0.297. The minimum absolute atomic E-state index is 0.0160. The van der Waals surface area contributed by atoms with Gasteiger partial charge in [0.05, 0.1) is 14.2 Å². The van der Waals surface area contributed by atoms with Crippen molar-refractivity contribution in [2.45, 2.75) is 6.61 Å². The predicted octanol–water partition coefficient (Wildman–Crippen LogP) is 4.67. The summed E-state index contributed by atoms with van der Waals surface area (Å²) in [4.78, 5) is 23.6. The van der Waals surface area contributed by atoms with E-state index in [4.69, 9.17) is 14.2 Å². The van der Waals surface area contributed by atoms with Crippen LogP contribution in [0.25, 0.3) is 11.1 Å². The zero-order valence-electron chi connectivity index (χ0n) is 17.6. The first kappa shape index (κ1) is 22.4. The number of benzene rings is 3. The maximum Gasteiger partial charge on any atom is 0.377 e. The van der Waals surface area contributed by atoms with E-state index in [0.29, 0.717) is 17.9 Å². The summed E-state index contributed by atoms with van der Waals surface area (Å²) in [7, 11) is 2.52. The van der Waals surface area contributed by atoms with Crippen LogP contribution in [0.1, 0.15) is 15.9 Å². The highest BCUT2D eigenvalue weighted by atomic mass is 16.6. The molecule has 3 rings (SSSR count). The van der Waals surface area contributed by atoms with Gasteiger partial charge in [0, 0.05) is 0 Å². The van der Waals surface area contributed by atoms with Gasteiger partial charge in [0.1, 0.15) is 29.9 Å². The smallest absolute Gasteiger partial charge is 0.377 e. The summed E-state index contributed by atoms with van der Waals surface area (Å²) >= 11 is 0. The third-order valence-electron chi connectivity index (χ3n) is 4.48. The second-order valence-corrected chi connectivity index (χ2v) is 6.63. The second-order valence-electron chi connectivity index (χ2n) is 6.63. The van der Waals surface area contributed by atoms with Crippen molar-refractivity contribution in [2.75, 3.05) is 14.2 Å². The van der Waals surface area contributed by atoms with Gasteiger partial charge < -0.3 is 24.1 Å². The van der Waals surface area contributed by atoms with E-state index in [1.54, 1.807) is 6.07 Å². The lowest BCUT2D eigenvalue weighted by molar-refractivity contribution is -0.138. The zero-order valence-corrected chi connectivity index (χ0v) is 17.6. The minimum atomic E-state index is -1.20. The Balaban J connectivity index is 1.79. The standard InChI is InChI=1S/C25H22O7/c1-29-16-23(25(28)30-2)32-22-13-10-19(14-21(22)24(26)27)18-8-11-20(12-9-18)31-15-17-6-4-3-5-7-17/h3-14,16H,15H2,1-2H3,(H,26,27)/b23-16+. The first-order chi connectivity index (χ1) is 15.5. The van der Waals surface area contributed by atoms with Gasteiger partial charge in [0.25, 0.3) is 0 Å². The Morgan fingerprint density at radius 2 is 1.59 bits per heavy atom. The Morgan fingerprint density at radius 1 is 0.906 bits per heavy atom. The van der Waals surface area contributed by atoms with E-state index in [1.807, 2.05) is 54.6 Å². The highest BCUT2D eigenvalue weighted by Crippen LogP contribution is 2.29. The Bertz CT molecular complexity index is 1100. The summed E-state index contributed by atoms with van der Waals surface area (Å²) < 4.78 is 20.7. The normalized spacial score (nSPS) is 10.9. The average molecular weight is 434 g/mol. The van der Waals surface area contributed by atoms with E-state index in [9.17, 15) is 14.7 Å². The third-order valence-corrected chi connectivity index (χ3v) is 4.48. The number of hydrogen-bond acceptors (Lipinski definition) is 6. The SMILES string of the molecule is CO/C=C(/Oc1ccc(-c2ccc(OCc3ccccc3)cc2)cc1C(=O)O)C(=O)OC. The lowest BCUT2D eigenvalue weighted by atomic mass is 10.0. The van der Waals surface area contributed by atoms with E-state index in [0.717, 1.165) is 17.4 Å². The third kappa shape index (κ3) is 5.66. The fourth-order valence-electron chi connectivity index (χ4n) is 2.89. The predicted molar refractivity (Wildman–Crippen MR) is 117 cm³/mol. The summed E-state index contributed by atoms with van der Waals surface area (Å²) in [6, 6.07) is 21.8. The van der Waals surface area contributed by atoms with Crippen LogP contribution in [0.4, 0.5) is 0 Å². The number of methoxy groups -OCH3 is 2. The molecule has 0 aliphatic heterocycles. The molecule has 0 saturated carbocycles. The Kier molecular flexibility index (Phi) is 7.48. The molecule has 164 valence electrons. The number of carboxylic acids is 1. The van der Waals surface area contributed by atoms with Gasteiger partial charge in [-0.05, 0) is 41.0 Å². The van der Waals surface area contributed by atoms with Crippen LogP contribution in [-0.4, -0.2) is 31.3 Å². The molecule has 7 nitrogen and oxygen atoms in total. The molecular formula is C25H22O7. The molecule has 7 heteroatoms. The van der Waals surface area contributed by atoms with Crippen molar-refractivity contribution in [3.05, 3.63) is 95.9 Å². The minimum Gasteiger partial charge on any atom is -0.500 e. The van der Waals surface area contributed by atoms with Crippen LogP contribution in [-0.2, 0) is 20.9 Å².